The van der Waals surface area contributed by atoms with E-state index in [2.05, 4.69) is 43.9 Å². The lowest BCUT2D eigenvalue weighted by Gasteiger charge is -1.94. The summed E-state index contributed by atoms with van der Waals surface area (Å²) >= 11 is 5.10. The van der Waals surface area contributed by atoms with Crippen molar-refractivity contribution in [2.45, 2.75) is 20.4 Å². The Hall–Kier alpha value is -1.24. The van der Waals surface area contributed by atoms with Gasteiger partial charge in [-0.2, -0.15) is 0 Å². The molecular formula is C13H13BrN4S. The summed E-state index contributed by atoms with van der Waals surface area (Å²) in [4.78, 5) is 13.5. The van der Waals surface area contributed by atoms with Crippen molar-refractivity contribution in [2.75, 3.05) is 0 Å². The number of aromatic amines is 1. The first-order valence-corrected chi connectivity index (χ1v) is 7.52. The number of thiazole rings is 1. The Bertz CT molecular complexity index is 759. The lowest BCUT2D eigenvalue weighted by molar-refractivity contribution is 1.02. The number of fused-ring (bicyclic) bond motifs is 1. The second-order valence-electron chi connectivity index (χ2n) is 4.43. The molecule has 0 aliphatic heterocycles. The van der Waals surface area contributed by atoms with Crippen molar-refractivity contribution in [1.82, 2.24) is 15.0 Å². The molecule has 0 saturated heterocycles. The van der Waals surface area contributed by atoms with E-state index in [1.54, 1.807) is 11.3 Å². The first-order valence-electron chi connectivity index (χ1n) is 5.91. The Kier molecular flexibility index (Phi) is 3.16. The van der Waals surface area contributed by atoms with Crippen LogP contribution in [-0.2, 0) is 6.54 Å². The number of imidazole rings is 1. The van der Waals surface area contributed by atoms with Crippen LogP contribution in [0.25, 0.3) is 21.7 Å². The third-order valence-corrected chi connectivity index (χ3v) is 4.62. The molecule has 0 amide bonds. The Balaban J connectivity index is 2.20. The molecule has 98 valence electrons. The zero-order valence-electron chi connectivity index (χ0n) is 10.6. The molecule has 4 nitrogen and oxygen atoms in total. The minimum atomic E-state index is 0.469. The van der Waals surface area contributed by atoms with E-state index in [1.165, 1.54) is 0 Å². The Morgan fingerprint density at radius 1 is 1.32 bits per heavy atom. The van der Waals surface area contributed by atoms with Crippen LogP contribution >= 0.6 is 27.3 Å². The van der Waals surface area contributed by atoms with E-state index in [-0.39, 0.29) is 0 Å². The third kappa shape index (κ3) is 2.20. The number of nitrogens with one attached hydrogen (secondary N) is 1. The van der Waals surface area contributed by atoms with Crippen LogP contribution in [0.2, 0.25) is 0 Å². The Morgan fingerprint density at radius 3 is 2.79 bits per heavy atom. The van der Waals surface area contributed by atoms with E-state index in [1.807, 2.05) is 13.0 Å². The maximum absolute atomic E-state index is 5.64. The van der Waals surface area contributed by atoms with Gasteiger partial charge in [0.05, 0.1) is 21.6 Å². The lowest BCUT2D eigenvalue weighted by Crippen LogP contribution is -1.94. The van der Waals surface area contributed by atoms with Crippen LogP contribution in [0.15, 0.2) is 16.6 Å². The molecule has 0 bridgehead atoms. The molecule has 1 aromatic carbocycles. The van der Waals surface area contributed by atoms with Gasteiger partial charge in [-0.3, -0.25) is 0 Å². The summed E-state index contributed by atoms with van der Waals surface area (Å²) in [6, 6.07) is 4.11. The number of aromatic nitrogens is 3. The van der Waals surface area contributed by atoms with Gasteiger partial charge in [0, 0.05) is 11.0 Å². The van der Waals surface area contributed by atoms with E-state index in [9.17, 15) is 0 Å². The van der Waals surface area contributed by atoms with E-state index in [4.69, 9.17) is 5.73 Å². The van der Waals surface area contributed by atoms with E-state index >= 15 is 0 Å². The molecule has 3 N–H and O–H groups in total. The van der Waals surface area contributed by atoms with Gasteiger partial charge in [0.15, 0.2) is 5.82 Å². The highest BCUT2D eigenvalue weighted by molar-refractivity contribution is 9.10. The fourth-order valence-corrected chi connectivity index (χ4v) is 3.57. The van der Waals surface area contributed by atoms with Gasteiger partial charge in [-0.05, 0) is 31.5 Å². The molecule has 3 aromatic rings. The Morgan fingerprint density at radius 2 is 2.11 bits per heavy atom. The minimum Gasteiger partial charge on any atom is -0.337 e. The molecule has 0 atom stereocenters. The number of aryl methyl sites for hydroxylation is 2. The van der Waals surface area contributed by atoms with Gasteiger partial charge in [0.2, 0.25) is 0 Å². The summed E-state index contributed by atoms with van der Waals surface area (Å²) in [5.41, 5.74) is 9.79. The van der Waals surface area contributed by atoms with E-state index in [0.717, 1.165) is 42.5 Å². The van der Waals surface area contributed by atoms with Gasteiger partial charge < -0.3 is 10.7 Å². The molecule has 0 fully saturated rings. The zero-order valence-corrected chi connectivity index (χ0v) is 13.0. The summed E-state index contributed by atoms with van der Waals surface area (Å²) < 4.78 is 1.05. The second kappa shape index (κ2) is 4.70. The summed E-state index contributed by atoms with van der Waals surface area (Å²) in [5, 5.41) is 0.936. The van der Waals surface area contributed by atoms with Crippen LogP contribution < -0.4 is 5.73 Å². The predicted octanol–water partition coefficient (Wildman–Crippen LogP) is 3.52. The van der Waals surface area contributed by atoms with E-state index in [0.29, 0.717) is 6.54 Å². The van der Waals surface area contributed by atoms with Gasteiger partial charge in [-0.25, -0.2) is 9.97 Å². The molecule has 0 aliphatic rings. The highest BCUT2D eigenvalue weighted by Gasteiger charge is 2.14. The number of nitrogens with zero attached hydrogens (tertiary/aromatic N) is 2. The number of nitrogens with two attached hydrogens (primary N) is 1. The van der Waals surface area contributed by atoms with Crippen molar-refractivity contribution in [2.24, 2.45) is 5.73 Å². The first-order chi connectivity index (χ1) is 9.08. The van der Waals surface area contributed by atoms with Gasteiger partial charge in [-0.15, -0.1) is 11.3 Å². The molecule has 19 heavy (non-hydrogen) atoms. The summed E-state index contributed by atoms with van der Waals surface area (Å²) in [7, 11) is 0. The minimum absolute atomic E-state index is 0.469. The number of halogens is 1. The largest absolute Gasteiger partial charge is 0.337 e. The number of hydrogen-bond acceptors (Lipinski definition) is 4. The second-order valence-corrected chi connectivity index (χ2v) is 6.43. The fraction of sp³-hybridized carbons (Fsp3) is 0.231. The quantitative estimate of drug-likeness (QED) is 0.752. The molecular weight excluding hydrogens is 324 g/mol. The average molecular weight is 337 g/mol. The third-order valence-electron chi connectivity index (χ3n) is 2.97. The van der Waals surface area contributed by atoms with Crippen molar-refractivity contribution >= 4 is 38.3 Å². The highest BCUT2D eigenvalue weighted by atomic mass is 79.9. The van der Waals surface area contributed by atoms with Crippen LogP contribution in [0.5, 0.6) is 0 Å². The first kappa shape index (κ1) is 12.8. The van der Waals surface area contributed by atoms with Crippen molar-refractivity contribution < 1.29 is 0 Å². The van der Waals surface area contributed by atoms with Gasteiger partial charge in [0.1, 0.15) is 5.01 Å². The summed E-state index contributed by atoms with van der Waals surface area (Å²) in [5.74, 6) is 0.867. The standard InChI is InChI=1S/C13H13BrN4S/c1-6-3-8(14)4-9-11(6)18-13(17-9)12-7(2)16-10(5-15)19-12/h3-4H,5,15H2,1-2H3,(H,17,18). The number of H-pyrrole nitrogens is 1. The molecule has 6 heteroatoms. The van der Waals surface area contributed by atoms with Crippen molar-refractivity contribution in [3.05, 3.63) is 32.9 Å². The van der Waals surface area contributed by atoms with Gasteiger partial charge in [-0.1, -0.05) is 15.9 Å². The smallest absolute Gasteiger partial charge is 0.150 e. The van der Waals surface area contributed by atoms with Gasteiger partial charge in [0.25, 0.3) is 0 Å². The molecule has 2 aromatic heterocycles. The Labute approximate surface area is 123 Å². The summed E-state index contributed by atoms with van der Waals surface area (Å²) in [6.07, 6.45) is 0. The SMILES string of the molecule is Cc1nc(CN)sc1-c1nc2c(C)cc(Br)cc2[nH]1. The average Bonchev–Trinajstić information content (AvgIpc) is 2.92. The number of rotatable bonds is 2. The van der Waals surface area contributed by atoms with Crippen LogP contribution in [-0.4, -0.2) is 15.0 Å². The van der Waals surface area contributed by atoms with Crippen LogP contribution in [0.4, 0.5) is 0 Å². The molecule has 0 aliphatic carbocycles. The van der Waals surface area contributed by atoms with Crippen LogP contribution in [0.3, 0.4) is 0 Å². The molecule has 0 saturated carbocycles. The lowest BCUT2D eigenvalue weighted by atomic mass is 10.2. The maximum atomic E-state index is 5.64. The number of benzene rings is 1. The molecule has 2 heterocycles. The van der Waals surface area contributed by atoms with Crippen molar-refractivity contribution in [3.8, 4) is 10.7 Å². The van der Waals surface area contributed by atoms with Gasteiger partial charge >= 0.3 is 0 Å². The van der Waals surface area contributed by atoms with Crippen molar-refractivity contribution in [3.63, 3.8) is 0 Å². The molecule has 3 rings (SSSR count). The monoisotopic (exact) mass is 336 g/mol. The molecule has 0 unspecified atom stereocenters. The molecule has 0 radical (unpaired) electrons. The fourth-order valence-electron chi connectivity index (χ4n) is 2.11. The van der Waals surface area contributed by atoms with Crippen LogP contribution in [0, 0.1) is 13.8 Å². The predicted molar refractivity (Wildman–Crippen MR) is 82.3 cm³/mol. The topological polar surface area (TPSA) is 67.6 Å². The number of hydrogen-bond donors (Lipinski definition) is 2. The summed E-state index contributed by atoms with van der Waals surface area (Å²) in [6.45, 7) is 4.51. The molecule has 0 spiro atoms. The van der Waals surface area contributed by atoms with E-state index < -0.39 is 0 Å². The van der Waals surface area contributed by atoms with Crippen molar-refractivity contribution in [1.29, 1.82) is 0 Å². The zero-order chi connectivity index (χ0) is 13.6. The normalized spacial score (nSPS) is 11.4. The van der Waals surface area contributed by atoms with Crippen LogP contribution in [0.1, 0.15) is 16.3 Å². The highest BCUT2D eigenvalue weighted by Crippen LogP contribution is 2.31. The maximum Gasteiger partial charge on any atom is 0.150 e.